The van der Waals surface area contributed by atoms with E-state index in [4.69, 9.17) is 0 Å². The minimum absolute atomic E-state index is 0.199. The molecule has 0 unspecified atom stereocenters. The molecule has 0 spiro atoms. The first kappa shape index (κ1) is 16.4. The molecule has 1 amide bonds. The van der Waals surface area contributed by atoms with Crippen molar-refractivity contribution in [2.45, 2.75) is 19.8 Å². The van der Waals surface area contributed by atoms with Gasteiger partial charge in [0.1, 0.15) is 12.1 Å². The Morgan fingerprint density at radius 3 is 2.85 bits per heavy atom. The van der Waals surface area contributed by atoms with Crippen molar-refractivity contribution in [3.63, 3.8) is 0 Å². The third-order valence-electron chi connectivity index (χ3n) is 4.67. The molecule has 0 saturated carbocycles. The molecule has 0 aliphatic carbocycles. The first-order valence-corrected chi connectivity index (χ1v) is 8.80. The number of rotatable bonds is 4. The highest BCUT2D eigenvalue weighted by Crippen LogP contribution is 2.18. The smallest absolute Gasteiger partial charge is 0.254 e. The number of anilines is 1. The standard InChI is InChI=1S/C18H21N7O/c1-14-11-16(25-18(22-14)20-13-21-25)23-7-9-24(10-8-23)17(26)5-4-15-3-2-6-19-12-15/h2-3,6,11-13H,4-5,7-10H2,1H3. The summed E-state index contributed by atoms with van der Waals surface area (Å²) in [4.78, 5) is 29.3. The Bertz CT molecular complexity index is 900. The largest absolute Gasteiger partial charge is 0.353 e. The van der Waals surface area contributed by atoms with Crippen molar-refractivity contribution in [2.75, 3.05) is 31.1 Å². The van der Waals surface area contributed by atoms with E-state index in [9.17, 15) is 4.79 Å². The van der Waals surface area contributed by atoms with Crippen LogP contribution in [0.15, 0.2) is 36.9 Å². The predicted molar refractivity (Wildman–Crippen MR) is 96.9 cm³/mol. The maximum absolute atomic E-state index is 12.5. The van der Waals surface area contributed by atoms with E-state index in [1.54, 1.807) is 10.7 Å². The Labute approximate surface area is 151 Å². The molecule has 1 aliphatic heterocycles. The van der Waals surface area contributed by atoms with Gasteiger partial charge in [0.25, 0.3) is 5.78 Å². The molecule has 3 aromatic heterocycles. The molecule has 1 fully saturated rings. The van der Waals surface area contributed by atoms with Crippen LogP contribution < -0.4 is 4.90 Å². The summed E-state index contributed by atoms with van der Waals surface area (Å²) in [5, 5.41) is 4.27. The molecule has 0 radical (unpaired) electrons. The van der Waals surface area contributed by atoms with Gasteiger partial charge in [-0.2, -0.15) is 14.6 Å². The minimum Gasteiger partial charge on any atom is -0.353 e. The van der Waals surface area contributed by atoms with Gasteiger partial charge in [-0.25, -0.2) is 4.98 Å². The van der Waals surface area contributed by atoms with Gasteiger partial charge in [0.15, 0.2) is 0 Å². The van der Waals surface area contributed by atoms with Crippen molar-refractivity contribution in [1.29, 1.82) is 0 Å². The molecule has 4 heterocycles. The first-order chi connectivity index (χ1) is 12.7. The number of fused-ring (bicyclic) bond motifs is 1. The summed E-state index contributed by atoms with van der Waals surface area (Å²) in [7, 11) is 0. The molecule has 8 nitrogen and oxygen atoms in total. The van der Waals surface area contributed by atoms with Crippen molar-refractivity contribution in [3.05, 3.63) is 48.2 Å². The molecular formula is C18H21N7O. The highest BCUT2D eigenvalue weighted by Gasteiger charge is 2.23. The summed E-state index contributed by atoms with van der Waals surface area (Å²) in [5.41, 5.74) is 2.01. The predicted octanol–water partition coefficient (Wildman–Crippen LogP) is 1.11. The van der Waals surface area contributed by atoms with Crippen LogP contribution in [0.4, 0.5) is 5.82 Å². The van der Waals surface area contributed by atoms with Gasteiger partial charge in [-0.15, -0.1) is 0 Å². The fourth-order valence-electron chi connectivity index (χ4n) is 3.28. The summed E-state index contributed by atoms with van der Waals surface area (Å²) in [6, 6.07) is 5.93. The first-order valence-electron chi connectivity index (χ1n) is 8.80. The molecule has 0 bridgehead atoms. The third kappa shape index (κ3) is 3.35. The van der Waals surface area contributed by atoms with Crippen LogP contribution in [0.3, 0.4) is 0 Å². The molecule has 3 aromatic rings. The van der Waals surface area contributed by atoms with Gasteiger partial charge in [0.05, 0.1) is 0 Å². The molecule has 1 aliphatic rings. The van der Waals surface area contributed by atoms with Gasteiger partial charge >= 0.3 is 0 Å². The lowest BCUT2D eigenvalue weighted by molar-refractivity contribution is -0.131. The lowest BCUT2D eigenvalue weighted by atomic mass is 10.1. The second-order valence-corrected chi connectivity index (χ2v) is 6.46. The number of aromatic nitrogens is 5. The van der Waals surface area contributed by atoms with Crippen molar-refractivity contribution in [3.8, 4) is 0 Å². The number of aryl methyl sites for hydroxylation is 2. The van der Waals surface area contributed by atoms with E-state index >= 15 is 0 Å². The normalized spacial score (nSPS) is 14.8. The number of hydrogen-bond donors (Lipinski definition) is 0. The zero-order valence-corrected chi connectivity index (χ0v) is 14.7. The number of pyridine rings is 1. The number of carbonyl (C=O) groups excluding carboxylic acids is 1. The Hall–Kier alpha value is -3.03. The van der Waals surface area contributed by atoms with Gasteiger partial charge < -0.3 is 9.80 Å². The second kappa shape index (κ2) is 7.07. The van der Waals surface area contributed by atoms with Crippen LogP contribution in [-0.4, -0.2) is 61.6 Å². The van der Waals surface area contributed by atoms with E-state index in [1.165, 1.54) is 6.33 Å². The van der Waals surface area contributed by atoms with Gasteiger partial charge in [0.2, 0.25) is 5.91 Å². The Kier molecular flexibility index (Phi) is 4.47. The van der Waals surface area contributed by atoms with Crippen LogP contribution in [0.25, 0.3) is 5.78 Å². The summed E-state index contributed by atoms with van der Waals surface area (Å²) >= 11 is 0. The van der Waals surface area contributed by atoms with E-state index in [2.05, 4.69) is 25.0 Å². The lowest BCUT2D eigenvalue weighted by Crippen LogP contribution is -2.49. The van der Waals surface area contributed by atoms with Crippen LogP contribution in [0.5, 0.6) is 0 Å². The monoisotopic (exact) mass is 351 g/mol. The molecule has 0 atom stereocenters. The molecular weight excluding hydrogens is 330 g/mol. The lowest BCUT2D eigenvalue weighted by Gasteiger charge is -2.36. The van der Waals surface area contributed by atoms with Crippen LogP contribution in [0.1, 0.15) is 17.7 Å². The zero-order chi connectivity index (χ0) is 17.9. The van der Waals surface area contributed by atoms with Gasteiger partial charge in [-0.3, -0.25) is 9.78 Å². The van der Waals surface area contributed by atoms with Gasteiger partial charge in [-0.1, -0.05) is 6.07 Å². The van der Waals surface area contributed by atoms with Crippen LogP contribution in [-0.2, 0) is 11.2 Å². The maximum Gasteiger partial charge on any atom is 0.254 e. The van der Waals surface area contributed by atoms with Crippen molar-refractivity contribution >= 4 is 17.5 Å². The highest BCUT2D eigenvalue weighted by molar-refractivity contribution is 5.76. The fraction of sp³-hybridized carbons (Fsp3) is 0.389. The average molecular weight is 351 g/mol. The number of piperazine rings is 1. The van der Waals surface area contributed by atoms with E-state index in [0.717, 1.165) is 36.6 Å². The maximum atomic E-state index is 12.5. The van der Waals surface area contributed by atoms with Crippen molar-refractivity contribution < 1.29 is 4.79 Å². The molecule has 0 aromatic carbocycles. The van der Waals surface area contributed by atoms with Crippen LogP contribution >= 0.6 is 0 Å². The number of carbonyl (C=O) groups is 1. The summed E-state index contributed by atoms with van der Waals surface area (Å²) in [6.45, 7) is 4.93. The van der Waals surface area contributed by atoms with Crippen molar-refractivity contribution in [2.24, 2.45) is 0 Å². The van der Waals surface area contributed by atoms with Gasteiger partial charge in [0, 0.05) is 56.8 Å². The summed E-state index contributed by atoms with van der Waals surface area (Å²) in [5.74, 6) is 1.78. The van der Waals surface area contributed by atoms with E-state index < -0.39 is 0 Å². The molecule has 4 rings (SSSR count). The van der Waals surface area contributed by atoms with Crippen LogP contribution in [0, 0.1) is 6.92 Å². The SMILES string of the molecule is Cc1cc(N2CCN(C(=O)CCc3cccnc3)CC2)n2ncnc2n1. The van der Waals surface area contributed by atoms with Crippen molar-refractivity contribution in [1.82, 2.24) is 29.5 Å². The highest BCUT2D eigenvalue weighted by atomic mass is 16.2. The van der Waals surface area contributed by atoms with Gasteiger partial charge in [-0.05, 0) is 25.0 Å². The second-order valence-electron chi connectivity index (χ2n) is 6.46. The molecule has 26 heavy (non-hydrogen) atoms. The number of amides is 1. The van der Waals surface area contributed by atoms with E-state index in [1.807, 2.05) is 36.2 Å². The molecule has 8 heteroatoms. The summed E-state index contributed by atoms with van der Waals surface area (Å²) < 4.78 is 1.76. The average Bonchev–Trinajstić information content (AvgIpc) is 3.15. The fourth-order valence-corrected chi connectivity index (χ4v) is 3.28. The van der Waals surface area contributed by atoms with E-state index in [0.29, 0.717) is 25.3 Å². The summed E-state index contributed by atoms with van der Waals surface area (Å²) in [6.07, 6.45) is 6.34. The molecule has 134 valence electrons. The molecule has 0 N–H and O–H groups in total. The Balaban J connectivity index is 1.37. The zero-order valence-electron chi connectivity index (χ0n) is 14.7. The molecule has 1 saturated heterocycles. The third-order valence-corrected chi connectivity index (χ3v) is 4.67. The Morgan fingerprint density at radius 2 is 2.08 bits per heavy atom. The number of nitrogens with zero attached hydrogens (tertiary/aromatic N) is 7. The van der Waals surface area contributed by atoms with Crippen LogP contribution in [0.2, 0.25) is 0 Å². The number of hydrogen-bond acceptors (Lipinski definition) is 6. The quantitative estimate of drug-likeness (QED) is 0.701. The van der Waals surface area contributed by atoms with E-state index in [-0.39, 0.29) is 5.91 Å². The topological polar surface area (TPSA) is 79.5 Å². The Morgan fingerprint density at radius 1 is 1.23 bits per heavy atom. The minimum atomic E-state index is 0.199.